The van der Waals surface area contributed by atoms with E-state index in [9.17, 15) is 4.79 Å². The van der Waals surface area contributed by atoms with E-state index >= 15 is 0 Å². The number of hydrogen-bond donors (Lipinski definition) is 1. The Labute approximate surface area is 191 Å². The van der Waals surface area contributed by atoms with Gasteiger partial charge in [-0.1, -0.05) is 6.07 Å². The van der Waals surface area contributed by atoms with Crippen molar-refractivity contribution in [2.75, 3.05) is 11.9 Å². The van der Waals surface area contributed by atoms with Gasteiger partial charge in [-0.15, -0.1) is 0 Å². The first-order valence-corrected chi connectivity index (χ1v) is 11.0. The molecule has 0 bridgehead atoms. The number of anilines is 1. The summed E-state index contributed by atoms with van der Waals surface area (Å²) in [5, 5.41) is 4.28. The minimum absolute atomic E-state index is 0.120. The molecule has 4 heterocycles. The molecule has 0 aliphatic carbocycles. The van der Waals surface area contributed by atoms with Gasteiger partial charge < -0.3 is 5.32 Å². The number of benzene rings is 1. The van der Waals surface area contributed by atoms with Crippen molar-refractivity contribution in [1.82, 2.24) is 24.1 Å². The van der Waals surface area contributed by atoms with Crippen LogP contribution in [0.15, 0.2) is 53.6 Å². The number of imidazole rings is 1. The second-order valence-corrected chi connectivity index (χ2v) is 8.35. The highest BCUT2D eigenvalue weighted by atomic mass is 16.1. The summed E-state index contributed by atoms with van der Waals surface area (Å²) < 4.78 is 3.40. The van der Waals surface area contributed by atoms with Crippen LogP contribution in [0.4, 0.5) is 5.69 Å². The van der Waals surface area contributed by atoms with Crippen LogP contribution in [0.25, 0.3) is 38.8 Å². The third-order valence-electron chi connectivity index (χ3n) is 6.11. The van der Waals surface area contributed by atoms with Crippen molar-refractivity contribution in [3.05, 3.63) is 76.4 Å². The molecule has 33 heavy (non-hydrogen) atoms. The van der Waals surface area contributed by atoms with Crippen LogP contribution < -0.4 is 11.0 Å². The van der Waals surface area contributed by atoms with E-state index in [1.165, 1.54) is 0 Å². The van der Waals surface area contributed by atoms with Crippen LogP contribution in [0, 0.1) is 20.8 Å². The molecular formula is C26H26N6O. The molecule has 1 N–H and O–H groups in total. The standard InChI is InChI=1S/C26H26N6O/c1-6-27-22-12-19(13-28-16(22)3)18-8-9-21-20(11-18)25-24(14-29-21)31(5)26(33)32(25)23-10-7-15(2)30-17(23)4/h7-14,27H,6H2,1-5H3. The molecule has 0 saturated carbocycles. The summed E-state index contributed by atoms with van der Waals surface area (Å²) in [4.78, 5) is 27.1. The number of hydrogen-bond acceptors (Lipinski definition) is 5. The smallest absolute Gasteiger partial charge is 0.333 e. The molecule has 0 amide bonds. The van der Waals surface area contributed by atoms with Crippen LogP contribution in [0.2, 0.25) is 0 Å². The molecule has 0 atom stereocenters. The third kappa shape index (κ3) is 3.36. The van der Waals surface area contributed by atoms with E-state index in [0.717, 1.165) is 68.1 Å². The number of aryl methyl sites for hydroxylation is 4. The highest BCUT2D eigenvalue weighted by Gasteiger charge is 2.18. The number of nitrogens with one attached hydrogen (secondary N) is 1. The maximum absolute atomic E-state index is 13.3. The van der Waals surface area contributed by atoms with Gasteiger partial charge in [0.15, 0.2) is 0 Å². The van der Waals surface area contributed by atoms with Crippen molar-refractivity contribution >= 4 is 27.6 Å². The normalized spacial score (nSPS) is 11.4. The summed E-state index contributed by atoms with van der Waals surface area (Å²) in [6.45, 7) is 8.78. The van der Waals surface area contributed by atoms with Gasteiger partial charge in [-0.2, -0.15) is 0 Å². The number of nitrogens with zero attached hydrogens (tertiary/aromatic N) is 5. The predicted molar refractivity (Wildman–Crippen MR) is 133 cm³/mol. The first kappa shape index (κ1) is 20.9. The Balaban J connectivity index is 1.82. The molecule has 7 nitrogen and oxygen atoms in total. The predicted octanol–water partition coefficient (Wildman–Crippen LogP) is 4.69. The Hall–Kier alpha value is -4.00. The van der Waals surface area contributed by atoms with Gasteiger partial charge in [0.1, 0.15) is 0 Å². The molecular weight excluding hydrogens is 412 g/mol. The molecule has 0 spiro atoms. The SMILES string of the molecule is CCNc1cc(-c2ccc3ncc4c(c3c2)n(-c2ccc(C)nc2C)c(=O)n4C)cnc1C. The molecule has 5 aromatic rings. The minimum atomic E-state index is -0.120. The summed E-state index contributed by atoms with van der Waals surface area (Å²) in [5.74, 6) is 0. The van der Waals surface area contributed by atoms with Crippen LogP contribution >= 0.6 is 0 Å². The summed E-state index contributed by atoms with van der Waals surface area (Å²) in [6.07, 6.45) is 3.65. The van der Waals surface area contributed by atoms with Gasteiger partial charge in [-0.3, -0.25) is 24.1 Å². The van der Waals surface area contributed by atoms with Crippen LogP contribution in [-0.4, -0.2) is 30.6 Å². The molecule has 166 valence electrons. The second kappa shape index (κ2) is 7.85. The molecule has 0 radical (unpaired) electrons. The Kier molecular flexibility index (Phi) is 4.96. The lowest BCUT2D eigenvalue weighted by Gasteiger charge is -2.11. The molecule has 0 aliphatic rings. The second-order valence-electron chi connectivity index (χ2n) is 8.35. The maximum Gasteiger partial charge on any atom is 0.333 e. The number of pyridine rings is 3. The van der Waals surface area contributed by atoms with Crippen LogP contribution in [-0.2, 0) is 7.05 Å². The van der Waals surface area contributed by atoms with E-state index in [-0.39, 0.29) is 5.69 Å². The molecule has 0 fully saturated rings. The van der Waals surface area contributed by atoms with Gasteiger partial charge in [-0.25, -0.2) is 4.79 Å². The van der Waals surface area contributed by atoms with Crippen LogP contribution in [0.1, 0.15) is 24.0 Å². The zero-order chi connectivity index (χ0) is 23.3. The maximum atomic E-state index is 13.3. The first-order valence-electron chi connectivity index (χ1n) is 11.0. The zero-order valence-corrected chi connectivity index (χ0v) is 19.5. The van der Waals surface area contributed by atoms with E-state index in [2.05, 4.69) is 39.3 Å². The Morgan fingerprint density at radius 1 is 0.939 bits per heavy atom. The molecule has 4 aromatic heterocycles. The fraction of sp³-hybridized carbons (Fsp3) is 0.231. The van der Waals surface area contributed by atoms with Gasteiger partial charge in [0, 0.05) is 36.4 Å². The summed E-state index contributed by atoms with van der Waals surface area (Å²) >= 11 is 0. The molecule has 0 aliphatic heterocycles. The van der Waals surface area contributed by atoms with Gasteiger partial charge in [0.25, 0.3) is 0 Å². The highest BCUT2D eigenvalue weighted by molar-refractivity contribution is 6.04. The van der Waals surface area contributed by atoms with Gasteiger partial charge in [-0.05, 0) is 63.6 Å². The van der Waals surface area contributed by atoms with Crippen LogP contribution in [0.5, 0.6) is 0 Å². The van der Waals surface area contributed by atoms with Crippen LogP contribution in [0.3, 0.4) is 0 Å². The van der Waals surface area contributed by atoms with E-state index in [1.807, 2.05) is 51.2 Å². The fourth-order valence-corrected chi connectivity index (χ4v) is 4.38. The van der Waals surface area contributed by atoms with Crippen molar-refractivity contribution in [3.8, 4) is 16.8 Å². The molecule has 5 rings (SSSR count). The minimum Gasteiger partial charge on any atom is -0.384 e. The lowest BCUT2D eigenvalue weighted by atomic mass is 10.0. The van der Waals surface area contributed by atoms with Crippen molar-refractivity contribution in [2.45, 2.75) is 27.7 Å². The van der Waals surface area contributed by atoms with Gasteiger partial charge in [0.2, 0.25) is 0 Å². The van der Waals surface area contributed by atoms with E-state index in [0.29, 0.717) is 0 Å². The Morgan fingerprint density at radius 2 is 1.76 bits per heavy atom. The Bertz CT molecular complexity index is 1590. The fourth-order valence-electron chi connectivity index (χ4n) is 4.38. The molecule has 7 heteroatoms. The van der Waals surface area contributed by atoms with E-state index in [1.54, 1.807) is 22.4 Å². The van der Waals surface area contributed by atoms with E-state index in [4.69, 9.17) is 0 Å². The summed E-state index contributed by atoms with van der Waals surface area (Å²) in [6, 6.07) is 12.2. The molecule has 1 aromatic carbocycles. The third-order valence-corrected chi connectivity index (χ3v) is 6.11. The van der Waals surface area contributed by atoms with Crippen molar-refractivity contribution < 1.29 is 0 Å². The lowest BCUT2D eigenvalue weighted by Crippen LogP contribution is -2.21. The summed E-state index contributed by atoms with van der Waals surface area (Å²) in [5.41, 5.74) is 8.83. The molecule has 0 unspecified atom stereocenters. The van der Waals surface area contributed by atoms with Crippen molar-refractivity contribution in [2.24, 2.45) is 7.05 Å². The van der Waals surface area contributed by atoms with Crippen molar-refractivity contribution in [1.29, 1.82) is 0 Å². The average Bonchev–Trinajstić information content (AvgIpc) is 3.06. The van der Waals surface area contributed by atoms with Gasteiger partial charge in [0.05, 0.1) is 45.5 Å². The quantitative estimate of drug-likeness (QED) is 0.440. The van der Waals surface area contributed by atoms with Crippen molar-refractivity contribution in [3.63, 3.8) is 0 Å². The topological polar surface area (TPSA) is 77.6 Å². The number of fused-ring (bicyclic) bond motifs is 3. The Morgan fingerprint density at radius 3 is 2.52 bits per heavy atom. The number of aromatic nitrogens is 5. The van der Waals surface area contributed by atoms with Gasteiger partial charge >= 0.3 is 5.69 Å². The highest BCUT2D eigenvalue weighted by Crippen LogP contribution is 2.31. The largest absolute Gasteiger partial charge is 0.384 e. The molecule has 0 saturated heterocycles. The van der Waals surface area contributed by atoms with E-state index < -0.39 is 0 Å². The average molecular weight is 439 g/mol. The monoisotopic (exact) mass is 438 g/mol. The summed E-state index contributed by atoms with van der Waals surface area (Å²) in [7, 11) is 1.78. The first-order chi connectivity index (χ1) is 15.9. The number of rotatable bonds is 4. The lowest BCUT2D eigenvalue weighted by molar-refractivity contribution is 0.839. The zero-order valence-electron chi connectivity index (χ0n) is 19.5.